The molecule has 1 aliphatic carbocycles. The molecule has 0 bridgehead atoms. The molecule has 1 aromatic rings. The maximum atomic E-state index is 8.80. The van der Waals surface area contributed by atoms with E-state index in [4.69, 9.17) is 11.0 Å². The Morgan fingerprint density at radius 3 is 2.85 bits per heavy atom. The lowest BCUT2D eigenvalue weighted by Gasteiger charge is -1.98. The number of hydrogen-bond donors (Lipinski definition) is 1. The van der Waals surface area contributed by atoms with Gasteiger partial charge in [-0.1, -0.05) is 12.1 Å². The molecular formula is C10H11ClN2. The summed E-state index contributed by atoms with van der Waals surface area (Å²) in [5.41, 5.74) is 9.00. The van der Waals surface area contributed by atoms with Gasteiger partial charge in [0, 0.05) is 6.04 Å². The van der Waals surface area contributed by atoms with Crippen LogP contribution in [-0.4, -0.2) is 6.04 Å². The lowest BCUT2D eigenvalue weighted by molar-refractivity contribution is 0.721. The van der Waals surface area contributed by atoms with Crippen LogP contribution in [0.4, 0.5) is 0 Å². The van der Waals surface area contributed by atoms with Gasteiger partial charge in [-0.05, 0) is 30.0 Å². The molecule has 2 N–H and O–H groups in total. The van der Waals surface area contributed by atoms with Crippen molar-refractivity contribution in [2.45, 2.75) is 18.9 Å². The Kier molecular flexibility index (Phi) is 2.92. The molecule has 0 radical (unpaired) electrons. The molecule has 0 heterocycles. The zero-order chi connectivity index (χ0) is 8.55. The van der Waals surface area contributed by atoms with Crippen LogP contribution in [0.5, 0.6) is 0 Å². The van der Waals surface area contributed by atoms with Crippen LogP contribution in [0.15, 0.2) is 18.2 Å². The van der Waals surface area contributed by atoms with E-state index < -0.39 is 0 Å². The molecule has 13 heavy (non-hydrogen) atoms. The van der Waals surface area contributed by atoms with Crippen LogP contribution in [-0.2, 0) is 12.8 Å². The first-order valence-electron chi connectivity index (χ1n) is 4.07. The van der Waals surface area contributed by atoms with E-state index in [0.29, 0.717) is 0 Å². The second-order valence-electron chi connectivity index (χ2n) is 3.22. The van der Waals surface area contributed by atoms with E-state index in [2.05, 4.69) is 12.1 Å². The number of nitrogens with two attached hydrogens (primary N) is 1. The summed E-state index contributed by atoms with van der Waals surface area (Å²) in [5, 5.41) is 8.80. The van der Waals surface area contributed by atoms with E-state index in [-0.39, 0.29) is 18.4 Å². The normalized spacial score (nSPS) is 18.6. The van der Waals surface area contributed by atoms with Gasteiger partial charge in [0.2, 0.25) is 0 Å². The predicted molar refractivity (Wildman–Crippen MR) is 53.8 cm³/mol. The highest BCUT2D eigenvalue weighted by atomic mass is 35.5. The van der Waals surface area contributed by atoms with Crippen LogP contribution in [0.25, 0.3) is 0 Å². The smallest absolute Gasteiger partial charge is 0.0994 e. The number of nitriles is 1. The second-order valence-corrected chi connectivity index (χ2v) is 3.22. The summed E-state index contributed by atoms with van der Waals surface area (Å²) in [6.45, 7) is 0. The summed E-state index contributed by atoms with van der Waals surface area (Å²) in [6, 6.07) is 8.25. The van der Waals surface area contributed by atoms with Crippen LogP contribution < -0.4 is 5.73 Å². The molecule has 1 atom stereocenters. The van der Waals surface area contributed by atoms with E-state index in [9.17, 15) is 0 Å². The SMILES string of the molecule is Cl.N#Cc1cccc2c1CC(N)C2. The molecule has 0 amide bonds. The fourth-order valence-electron chi connectivity index (χ4n) is 1.79. The Morgan fingerprint density at radius 1 is 1.38 bits per heavy atom. The first-order valence-corrected chi connectivity index (χ1v) is 4.07. The number of hydrogen-bond acceptors (Lipinski definition) is 2. The largest absolute Gasteiger partial charge is 0.327 e. The minimum atomic E-state index is 0. The van der Waals surface area contributed by atoms with Gasteiger partial charge in [-0.15, -0.1) is 12.4 Å². The Hall–Kier alpha value is -1.04. The van der Waals surface area contributed by atoms with Crippen molar-refractivity contribution in [1.29, 1.82) is 5.26 Å². The third-order valence-corrected chi connectivity index (χ3v) is 2.34. The Morgan fingerprint density at radius 2 is 2.15 bits per heavy atom. The second kappa shape index (κ2) is 3.78. The minimum absolute atomic E-state index is 0. The minimum Gasteiger partial charge on any atom is -0.327 e. The van der Waals surface area contributed by atoms with Crippen LogP contribution in [0, 0.1) is 11.3 Å². The highest BCUT2D eigenvalue weighted by molar-refractivity contribution is 5.85. The van der Waals surface area contributed by atoms with Crippen LogP contribution in [0.1, 0.15) is 16.7 Å². The third kappa shape index (κ3) is 1.67. The topological polar surface area (TPSA) is 49.8 Å². The van der Waals surface area contributed by atoms with Gasteiger partial charge in [-0.3, -0.25) is 0 Å². The summed E-state index contributed by atoms with van der Waals surface area (Å²) < 4.78 is 0. The summed E-state index contributed by atoms with van der Waals surface area (Å²) in [7, 11) is 0. The molecule has 1 aromatic carbocycles. The molecule has 0 spiro atoms. The molecule has 1 unspecified atom stereocenters. The molecule has 2 nitrogen and oxygen atoms in total. The van der Waals surface area contributed by atoms with Crippen molar-refractivity contribution in [2.24, 2.45) is 5.73 Å². The van der Waals surface area contributed by atoms with Crippen LogP contribution in [0.3, 0.4) is 0 Å². The number of fused-ring (bicyclic) bond motifs is 1. The summed E-state index contributed by atoms with van der Waals surface area (Å²) in [5.74, 6) is 0. The fraction of sp³-hybridized carbons (Fsp3) is 0.300. The average molecular weight is 195 g/mol. The zero-order valence-corrected chi connectivity index (χ0v) is 7.97. The van der Waals surface area contributed by atoms with Gasteiger partial charge in [0.15, 0.2) is 0 Å². The molecule has 68 valence electrons. The van der Waals surface area contributed by atoms with Gasteiger partial charge >= 0.3 is 0 Å². The van der Waals surface area contributed by atoms with Crippen molar-refractivity contribution in [2.75, 3.05) is 0 Å². The number of nitrogens with zero attached hydrogens (tertiary/aromatic N) is 1. The van der Waals surface area contributed by atoms with Gasteiger partial charge in [0.1, 0.15) is 0 Å². The van der Waals surface area contributed by atoms with Crippen molar-refractivity contribution >= 4 is 12.4 Å². The summed E-state index contributed by atoms with van der Waals surface area (Å²) in [6.07, 6.45) is 1.78. The van der Waals surface area contributed by atoms with E-state index in [0.717, 1.165) is 24.0 Å². The van der Waals surface area contributed by atoms with E-state index >= 15 is 0 Å². The first-order chi connectivity index (χ1) is 5.81. The first kappa shape index (κ1) is 10.0. The fourth-order valence-corrected chi connectivity index (χ4v) is 1.79. The monoisotopic (exact) mass is 194 g/mol. The maximum absolute atomic E-state index is 8.80. The standard InChI is InChI=1S/C10H10N2.ClH/c11-6-8-3-1-2-7-4-9(12)5-10(7)8;/h1-3,9H,4-5,12H2;1H. The predicted octanol–water partition coefficient (Wildman–Crippen LogP) is 1.41. The van der Waals surface area contributed by atoms with Gasteiger partial charge in [-0.25, -0.2) is 0 Å². The van der Waals surface area contributed by atoms with Crippen LogP contribution >= 0.6 is 12.4 Å². The highest BCUT2D eigenvalue weighted by Gasteiger charge is 2.20. The van der Waals surface area contributed by atoms with E-state index in [1.807, 2.05) is 12.1 Å². The average Bonchev–Trinajstić information content (AvgIpc) is 2.44. The molecule has 0 aliphatic heterocycles. The lowest BCUT2D eigenvalue weighted by Crippen LogP contribution is -2.19. The van der Waals surface area contributed by atoms with E-state index in [1.54, 1.807) is 0 Å². The molecule has 0 fully saturated rings. The zero-order valence-electron chi connectivity index (χ0n) is 7.16. The highest BCUT2D eigenvalue weighted by Crippen LogP contribution is 2.23. The maximum Gasteiger partial charge on any atom is 0.0994 e. The Balaban J connectivity index is 0.000000845. The summed E-state index contributed by atoms with van der Waals surface area (Å²) >= 11 is 0. The van der Waals surface area contributed by atoms with Gasteiger partial charge in [-0.2, -0.15) is 5.26 Å². The third-order valence-electron chi connectivity index (χ3n) is 2.34. The molecular weight excluding hydrogens is 184 g/mol. The van der Waals surface area contributed by atoms with E-state index in [1.165, 1.54) is 5.56 Å². The molecule has 0 aromatic heterocycles. The van der Waals surface area contributed by atoms with Crippen molar-refractivity contribution < 1.29 is 0 Å². The quantitative estimate of drug-likeness (QED) is 0.679. The Labute approximate surface area is 83.8 Å². The molecule has 0 saturated heterocycles. The van der Waals surface area contributed by atoms with Crippen molar-refractivity contribution in [1.82, 2.24) is 0 Å². The molecule has 3 heteroatoms. The summed E-state index contributed by atoms with van der Waals surface area (Å²) in [4.78, 5) is 0. The van der Waals surface area contributed by atoms with Crippen molar-refractivity contribution in [3.63, 3.8) is 0 Å². The lowest BCUT2D eigenvalue weighted by atomic mass is 10.0. The van der Waals surface area contributed by atoms with Crippen molar-refractivity contribution in [3.8, 4) is 6.07 Å². The van der Waals surface area contributed by atoms with Gasteiger partial charge in [0.05, 0.1) is 11.6 Å². The van der Waals surface area contributed by atoms with Gasteiger partial charge in [0.25, 0.3) is 0 Å². The molecule has 0 saturated carbocycles. The molecule has 1 aliphatic rings. The number of benzene rings is 1. The molecule has 2 rings (SSSR count). The van der Waals surface area contributed by atoms with Gasteiger partial charge < -0.3 is 5.73 Å². The Bertz CT molecular complexity index is 354. The van der Waals surface area contributed by atoms with Crippen molar-refractivity contribution in [3.05, 3.63) is 34.9 Å². The number of rotatable bonds is 0. The number of halogens is 1. The van der Waals surface area contributed by atoms with Crippen LogP contribution in [0.2, 0.25) is 0 Å².